The second-order valence-electron chi connectivity index (χ2n) is 8.07. The largest absolute Gasteiger partial charge is 0.372 e. The summed E-state index contributed by atoms with van der Waals surface area (Å²) >= 11 is 1.22. The van der Waals surface area contributed by atoms with E-state index in [0.29, 0.717) is 23.7 Å². The molecule has 162 valence electrons. The Balaban J connectivity index is 1.31. The van der Waals surface area contributed by atoms with Crippen molar-refractivity contribution >= 4 is 33.0 Å². The molecule has 2 aromatic rings. The summed E-state index contributed by atoms with van der Waals surface area (Å²) in [5.74, 6) is -0.373. The lowest BCUT2D eigenvalue weighted by Crippen LogP contribution is -2.45. The van der Waals surface area contributed by atoms with E-state index in [2.05, 4.69) is 34.5 Å². The number of piperidine rings is 2. The summed E-state index contributed by atoms with van der Waals surface area (Å²) in [6.07, 6.45) is 5.23. The molecule has 1 N–H and O–H groups in total. The average Bonchev–Trinajstić information content (AvgIpc) is 3.34. The van der Waals surface area contributed by atoms with Crippen LogP contribution in [-0.2, 0) is 21.4 Å². The van der Waals surface area contributed by atoms with Gasteiger partial charge in [-0.15, -0.1) is 11.3 Å². The highest BCUT2D eigenvalue weighted by Crippen LogP contribution is 2.26. The zero-order chi connectivity index (χ0) is 21.0. The van der Waals surface area contributed by atoms with Crippen molar-refractivity contribution < 1.29 is 13.2 Å². The number of rotatable bonds is 6. The summed E-state index contributed by atoms with van der Waals surface area (Å²) < 4.78 is 27.3. The lowest BCUT2D eigenvalue weighted by Gasteiger charge is -2.31. The Morgan fingerprint density at radius 3 is 2.50 bits per heavy atom. The van der Waals surface area contributed by atoms with Gasteiger partial charge in [-0.2, -0.15) is 4.31 Å². The fourth-order valence-corrected chi connectivity index (χ4v) is 6.89. The Kier molecular flexibility index (Phi) is 6.75. The Morgan fingerprint density at radius 1 is 1.03 bits per heavy atom. The van der Waals surface area contributed by atoms with Crippen molar-refractivity contribution in [1.82, 2.24) is 9.62 Å². The molecule has 30 heavy (non-hydrogen) atoms. The smallest absolute Gasteiger partial charge is 0.252 e. The van der Waals surface area contributed by atoms with Crippen molar-refractivity contribution in [2.75, 3.05) is 31.1 Å². The third-order valence-corrected chi connectivity index (χ3v) is 9.21. The van der Waals surface area contributed by atoms with Crippen LogP contribution in [0, 0.1) is 5.92 Å². The van der Waals surface area contributed by atoms with Crippen LogP contribution in [0.25, 0.3) is 0 Å². The second-order valence-corrected chi connectivity index (χ2v) is 11.2. The molecule has 0 saturated carbocycles. The van der Waals surface area contributed by atoms with Crippen molar-refractivity contribution in [1.29, 1.82) is 0 Å². The minimum absolute atomic E-state index is 0.0683. The van der Waals surface area contributed by atoms with Gasteiger partial charge in [0.1, 0.15) is 4.21 Å². The van der Waals surface area contributed by atoms with E-state index in [4.69, 9.17) is 0 Å². The third-order valence-electron chi connectivity index (χ3n) is 5.97. The number of thiophene rings is 1. The Morgan fingerprint density at radius 2 is 1.80 bits per heavy atom. The predicted octanol–water partition coefficient (Wildman–Crippen LogP) is 3.46. The fourth-order valence-electron chi connectivity index (χ4n) is 4.22. The van der Waals surface area contributed by atoms with Crippen LogP contribution < -0.4 is 10.2 Å². The molecule has 8 heteroatoms. The minimum Gasteiger partial charge on any atom is -0.372 e. The predicted molar refractivity (Wildman–Crippen MR) is 120 cm³/mol. The molecule has 2 aliphatic heterocycles. The van der Waals surface area contributed by atoms with E-state index in [1.807, 2.05) is 0 Å². The number of nitrogens with one attached hydrogen (secondary N) is 1. The molecule has 0 aliphatic carbocycles. The normalized spacial score (nSPS) is 20.8. The molecular formula is C22H29N3O3S2. The number of hydrogen-bond acceptors (Lipinski definition) is 5. The van der Waals surface area contributed by atoms with Gasteiger partial charge in [0, 0.05) is 38.4 Å². The summed E-state index contributed by atoms with van der Waals surface area (Å²) in [4.78, 5) is 15.1. The van der Waals surface area contributed by atoms with E-state index in [1.165, 1.54) is 40.6 Å². The van der Waals surface area contributed by atoms with Crippen LogP contribution in [0.1, 0.15) is 37.7 Å². The second kappa shape index (κ2) is 9.49. The molecule has 0 bridgehead atoms. The van der Waals surface area contributed by atoms with Crippen molar-refractivity contribution in [2.45, 2.75) is 42.9 Å². The van der Waals surface area contributed by atoms with Crippen LogP contribution in [0.2, 0.25) is 0 Å². The number of nitrogens with zero attached hydrogens (tertiary/aromatic N) is 2. The van der Waals surface area contributed by atoms with Gasteiger partial charge in [0.15, 0.2) is 0 Å². The first-order valence-electron chi connectivity index (χ1n) is 10.7. The molecule has 0 spiro atoms. The van der Waals surface area contributed by atoms with Gasteiger partial charge in [0.25, 0.3) is 10.0 Å². The van der Waals surface area contributed by atoms with Crippen molar-refractivity contribution in [2.24, 2.45) is 5.92 Å². The zero-order valence-electron chi connectivity index (χ0n) is 17.1. The van der Waals surface area contributed by atoms with Gasteiger partial charge in [-0.25, -0.2) is 8.42 Å². The highest BCUT2D eigenvalue weighted by atomic mass is 32.2. The SMILES string of the molecule is O=C(NCc1ccc(N2CCCCC2)cc1)C1CCCN(S(=O)(=O)c2cccs2)C1. The van der Waals surface area contributed by atoms with Crippen LogP contribution >= 0.6 is 11.3 Å². The van der Waals surface area contributed by atoms with Crippen molar-refractivity contribution in [3.8, 4) is 0 Å². The number of anilines is 1. The van der Waals surface area contributed by atoms with E-state index >= 15 is 0 Å². The first-order valence-corrected chi connectivity index (χ1v) is 13.0. The van der Waals surface area contributed by atoms with Gasteiger partial charge in [-0.3, -0.25) is 4.79 Å². The van der Waals surface area contributed by atoms with E-state index < -0.39 is 10.0 Å². The molecule has 4 rings (SSSR count). The maximum Gasteiger partial charge on any atom is 0.252 e. The Labute approximate surface area is 182 Å². The summed E-state index contributed by atoms with van der Waals surface area (Å²) in [6, 6.07) is 11.8. The molecule has 1 unspecified atom stereocenters. The maximum absolute atomic E-state index is 12.8. The topological polar surface area (TPSA) is 69.7 Å². The summed E-state index contributed by atoms with van der Waals surface area (Å²) in [7, 11) is -3.50. The zero-order valence-corrected chi connectivity index (χ0v) is 18.8. The van der Waals surface area contributed by atoms with Gasteiger partial charge in [-0.1, -0.05) is 18.2 Å². The molecule has 1 aromatic heterocycles. The van der Waals surface area contributed by atoms with Crippen molar-refractivity contribution in [3.05, 3.63) is 47.3 Å². The van der Waals surface area contributed by atoms with Gasteiger partial charge >= 0.3 is 0 Å². The monoisotopic (exact) mass is 447 g/mol. The first kappa shape index (κ1) is 21.3. The molecule has 1 atom stereocenters. The van der Waals surface area contributed by atoms with Crippen LogP contribution in [0.3, 0.4) is 0 Å². The van der Waals surface area contributed by atoms with Crippen LogP contribution in [0.4, 0.5) is 5.69 Å². The summed E-state index contributed by atoms with van der Waals surface area (Å²) in [5.41, 5.74) is 2.30. The number of carbonyl (C=O) groups is 1. The summed E-state index contributed by atoms with van der Waals surface area (Å²) in [5, 5.41) is 4.76. The fraction of sp³-hybridized carbons (Fsp3) is 0.500. The van der Waals surface area contributed by atoms with E-state index in [-0.39, 0.29) is 18.4 Å². The molecule has 1 aromatic carbocycles. The Hall–Kier alpha value is -1.90. The van der Waals surface area contributed by atoms with E-state index in [1.54, 1.807) is 17.5 Å². The van der Waals surface area contributed by atoms with Crippen molar-refractivity contribution in [3.63, 3.8) is 0 Å². The highest BCUT2D eigenvalue weighted by molar-refractivity contribution is 7.91. The first-order chi connectivity index (χ1) is 14.5. The molecule has 1 amide bonds. The van der Waals surface area contributed by atoms with Crippen LogP contribution in [0.5, 0.6) is 0 Å². The number of carbonyl (C=O) groups excluding carboxylic acids is 1. The Bertz CT molecular complexity index is 937. The average molecular weight is 448 g/mol. The van der Waals surface area contributed by atoms with E-state index in [9.17, 15) is 13.2 Å². The molecule has 2 fully saturated rings. The van der Waals surface area contributed by atoms with Crippen LogP contribution in [0.15, 0.2) is 46.0 Å². The highest BCUT2D eigenvalue weighted by Gasteiger charge is 2.33. The van der Waals surface area contributed by atoms with Gasteiger partial charge in [0.05, 0.1) is 5.92 Å². The molecular weight excluding hydrogens is 418 g/mol. The number of hydrogen-bond donors (Lipinski definition) is 1. The quantitative estimate of drug-likeness (QED) is 0.736. The summed E-state index contributed by atoms with van der Waals surface area (Å²) in [6.45, 7) is 3.42. The molecule has 2 saturated heterocycles. The lowest BCUT2D eigenvalue weighted by molar-refractivity contribution is -0.126. The molecule has 6 nitrogen and oxygen atoms in total. The van der Waals surface area contributed by atoms with Gasteiger partial charge in [0.2, 0.25) is 5.91 Å². The van der Waals surface area contributed by atoms with Gasteiger partial charge < -0.3 is 10.2 Å². The molecule has 0 radical (unpaired) electrons. The minimum atomic E-state index is -3.50. The number of sulfonamides is 1. The third kappa shape index (κ3) is 4.87. The number of amides is 1. The van der Waals surface area contributed by atoms with Crippen LogP contribution in [-0.4, -0.2) is 44.8 Å². The van der Waals surface area contributed by atoms with E-state index in [0.717, 1.165) is 25.1 Å². The molecule has 2 aliphatic rings. The molecule has 3 heterocycles. The maximum atomic E-state index is 12.8. The standard InChI is InChI=1S/C22H29N3O3S2/c26-22(19-6-4-14-25(17-19)30(27,28)21-7-5-15-29-21)23-16-18-8-10-20(11-9-18)24-12-2-1-3-13-24/h5,7-11,15,19H,1-4,6,12-14,16-17H2,(H,23,26). The number of benzene rings is 1. The lowest BCUT2D eigenvalue weighted by atomic mass is 9.98. The van der Waals surface area contributed by atoms with Gasteiger partial charge in [-0.05, 0) is 61.2 Å².